The van der Waals surface area contributed by atoms with Gasteiger partial charge in [0.25, 0.3) is 0 Å². The van der Waals surface area contributed by atoms with Crippen LogP contribution >= 0.6 is 22.7 Å². The highest BCUT2D eigenvalue weighted by molar-refractivity contribution is 7.14. The Kier molecular flexibility index (Phi) is 7.01. The van der Waals surface area contributed by atoms with E-state index in [0.717, 1.165) is 26.0 Å². The number of rotatable bonds is 5. The third-order valence-corrected chi connectivity index (χ3v) is 5.97. The topological polar surface area (TPSA) is 116 Å². The maximum absolute atomic E-state index is 13.8. The molecule has 0 spiro atoms. The zero-order valence-electron chi connectivity index (χ0n) is 17.3. The summed E-state index contributed by atoms with van der Waals surface area (Å²) in [5.41, 5.74) is 0.765. The first-order valence-electron chi connectivity index (χ1n) is 9.69. The summed E-state index contributed by atoms with van der Waals surface area (Å²) < 4.78 is 0. The highest BCUT2D eigenvalue weighted by Gasteiger charge is 2.36. The molecule has 0 unspecified atom stereocenters. The van der Waals surface area contributed by atoms with Crippen molar-refractivity contribution >= 4 is 69.2 Å². The summed E-state index contributed by atoms with van der Waals surface area (Å²) >= 11 is 2.51. The number of aromatic nitrogens is 2. The zero-order valence-corrected chi connectivity index (χ0v) is 19.0. The van der Waals surface area contributed by atoms with Gasteiger partial charge in [0.05, 0.1) is 23.3 Å². The second-order valence-corrected chi connectivity index (χ2v) is 8.23. The van der Waals surface area contributed by atoms with Crippen molar-refractivity contribution in [3.05, 3.63) is 83.4 Å². The van der Waals surface area contributed by atoms with Crippen molar-refractivity contribution in [2.45, 2.75) is 0 Å². The number of nitrogens with zero attached hydrogens (tertiary/aromatic N) is 5. The van der Waals surface area contributed by atoms with Gasteiger partial charge in [0.2, 0.25) is 6.41 Å². The molecule has 4 aromatic heterocycles. The Morgan fingerprint density at radius 3 is 2.29 bits per heavy atom. The van der Waals surface area contributed by atoms with Gasteiger partial charge in [0, 0.05) is 24.0 Å². The van der Waals surface area contributed by atoms with Crippen LogP contribution < -0.4 is 20.0 Å². The van der Waals surface area contributed by atoms with Crippen molar-refractivity contribution < 1.29 is 19.2 Å². The molecular weight excluding hydrogens is 476 g/mol. The molecule has 0 aliphatic carbocycles. The maximum Gasteiger partial charge on any atom is 0.346 e. The van der Waals surface area contributed by atoms with E-state index >= 15 is 0 Å². The van der Waals surface area contributed by atoms with Gasteiger partial charge in [-0.05, 0) is 53.2 Å². The predicted molar refractivity (Wildman–Crippen MR) is 130 cm³/mol. The molecule has 0 radical (unpaired) electrons. The largest absolute Gasteiger partial charge is 0.346 e. The molecule has 0 fully saturated rings. The number of nitrogens with one attached hydrogen (secondary N) is 1. The molecular formula is C22H16N6O4S2. The number of imide groups is 3. The van der Waals surface area contributed by atoms with Gasteiger partial charge in [-0.3, -0.25) is 14.8 Å². The molecule has 12 heteroatoms. The van der Waals surface area contributed by atoms with Crippen LogP contribution in [0.1, 0.15) is 0 Å². The Morgan fingerprint density at radius 1 is 0.853 bits per heavy atom. The third kappa shape index (κ3) is 4.82. The van der Waals surface area contributed by atoms with Crippen LogP contribution in [-0.2, 0) is 4.79 Å². The van der Waals surface area contributed by atoms with Crippen molar-refractivity contribution in [1.29, 1.82) is 0 Å². The number of thiophene rings is 2. The van der Waals surface area contributed by atoms with Gasteiger partial charge in [-0.2, -0.15) is 11.3 Å². The lowest BCUT2D eigenvalue weighted by Gasteiger charge is -2.29. The van der Waals surface area contributed by atoms with Gasteiger partial charge < -0.3 is 5.32 Å². The van der Waals surface area contributed by atoms with E-state index < -0.39 is 18.1 Å². The molecule has 0 saturated carbocycles. The Balaban J connectivity index is 1.76. The number of carbonyl (C=O) groups is 4. The minimum Gasteiger partial charge on any atom is -0.306 e. The van der Waals surface area contributed by atoms with Crippen molar-refractivity contribution in [3.63, 3.8) is 0 Å². The molecule has 4 heterocycles. The lowest BCUT2D eigenvalue weighted by Crippen LogP contribution is -2.54. The van der Waals surface area contributed by atoms with Crippen molar-refractivity contribution in [1.82, 2.24) is 9.97 Å². The highest BCUT2D eigenvalue weighted by Crippen LogP contribution is 2.27. The smallest absolute Gasteiger partial charge is 0.306 e. The second kappa shape index (κ2) is 10.5. The molecule has 10 nitrogen and oxygen atoms in total. The summed E-state index contributed by atoms with van der Waals surface area (Å²) in [6, 6.07) is 8.06. The minimum absolute atomic E-state index is 0.116. The molecule has 34 heavy (non-hydrogen) atoms. The van der Waals surface area contributed by atoms with Crippen molar-refractivity contribution in [2.24, 2.45) is 0 Å². The van der Waals surface area contributed by atoms with E-state index in [0.29, 0.717) is 5.69 Å². The van der Waals surface area contributed by atoms with E-state index in [-0.39, 0.29) is 22.8 Å². The van der Waals surface area contributed by atoms with Crippen LogP contribution in [-0.4, -0.2) is 34.5 Å². The van der Waals surface area contributed by atoms with Gasteiger partial charge in [-0.1, -0.05) is 0 Å². The Bertz CT molecular complexity index is 1270. The lowest BCUT2D eigenvalue weighted by atomic mass is 10.3. The summed E-state index contributed by atoms with van der Waals surface area (Å²) in [6.45, 7) is 0. The zero-order chi connectivity index (χ0) is 23.9. The Labute approximate surface area is 201 Å². The molecule has 0 aromatic carbocycles. The average molecular weight is 493 g/mol. The fraction of sp³-hybridized carbons (Fsp3) is 0. The van der Waals surface area contributed by atoms with E-state index in [9.17, 15) is 19.2 Å². The monoisotopic (exact) mass is 492 g/mol. The van der Waals surface area contributed by atoms with Gasteiger partial charge in [-0.15, -0.1) is 11.3 Å². The summed E-state index contributed by atoms with van der Waals surface area (Å²) in [7, 11) is 0. The second-order valence-electron chi connectivity index (χ2n) is 6.52. The van der Waals surface area contributed by atoms with E-state index in [2.05, 4.69) is 15.3 Å². The van der Waals surface area contributed by atoms with Crippen LogP contribution in [0.5, 0.6) is 0 Å². The number of hydrogen-bond acceptors (Lipinski definition) is 8. The summed E-state index contributed by atoms with van der Waals surface area (Å²) in [5.74, 6) is 0. The molecule has 4 rings (SSSR count). The molecule has 0 bridgehead atoms. The molecule has 0 atom stereocenters. The Morgan fingerprint density at radius 2 is 1.68 bits per heavy atom. The third-order valence-electron chi connectivity index (χ3n) is 4.43. The molecule has 4 aromatic rings. The predicted octanol–water partition coefficient (Wildman–Crippen LogP) is 5.05. The van der Waals surface area contributed by atoms with Crippen LogP contribution in [0, 0.1) is 0 Å². The van der Waals surface area contributed by atoms with E-state index in [1.807, 2.05) is 0 Å². The SMILES string of the molecule is O=CN(C(=O)N(C(=O)N(C(=O)Nc1ccsc1)c1cccs1)c1ccncc1)c1cccnc1. The highest BCUT2D eigenvalue weighted by atomic mass is 32.1. The van der Waals surface area contributed by atoms with E-state index in [4.69, 9.17) is 0 Å². The van der Waals surface area contributed by atoms with Crippen LogP contribution in [0.4, 0.5) is 36.4 Å². The van der Waals surface area contributed by atoms with Gasteiger partial charge in [0.1, 0.15) is 5.00 Å². The fourth-order valence-corrected chi connectivity index (χ4v) is 4.22. The van der Waals surface area contributed by atoms with Gasteiger partial charge in [0.15, 0.2) is 0 Å². The summed E-state index contributed by atoms with van der Waals surface area (Å²) in [6.07, 6.45) is 5.85. The van der Waals surface area contributed by atoms with Gasteiger partial charge >= 0.3 is 18.1 Å². The van der Waals surface area contributed by atoms with Crippen LogP contribution in [0.2, 0.25) is 0 Å². The number of hydrogen-bond donors (Lipinski definition) is 1. The molecule has 0 saturated heterocycles. The van der Waals surface area contributed by atoms with Crippen LogP contribution in [0.3, 0.4) is 0 Å². The molecule has 0 aliphatic rings. The first-order chi connectivity index (χ1) is 16.6. The quantitative estimate of drug-likeness (QED) is 0.390. The lowest BCUT2D eigenvalue weighted by molar-refractivity contribution is -0.106. The summed E-state index contributed by atoms with van der Waals surface area (Å²) in [4.78, 5) is 62.5. The van der Waals surface area contributed by atoms with E-state index in [1.165, 1.54) is 54.3 Å². The first kappa shape index (κ1) is 22.8. The Hall–Kier alpha value is -4.42. The molecule has 1 N–H and O–H groups in total. The number of carbonyl (C=O) groups excluding carboxylic acids is 4. The first-order valence-corrected chi connectivity index (χ1v) is 11.5. The molecule has 0 aliphatic heterocycles. The molecule has 170 valence electrons. The molecule has 7 amide bonds. The van der Waals surface area contributed by atoms with Crippen LogP contribution in [0.15, 0.2) is 83.4 Å². The van der Waals surface area contributed by atoms with Crippen LogP contribution in [0.25, 0.3) is 0 Å². The minimum atomic E-state index is -0.996. The fourth-order valence-electron chi connectivity index (χ4n) is 2.91. The maximum atomic E-state index is 13.8. The number of anilines is 4. The summed E-state index contributed by atoms with van der Waals surface area (Å²) in [5, 5.41) is 8.11. The number of pyridine rings is 2. The van der Waals surface area contributed by atoms with Gasteiger partial charge in [-0.25, -0.2) is 29.1 Å². The van der Waals surface area contributed by atoms with Crippen molar-refractivity contribution in [2.75, 3.05) is 20.0 Å². The average Bonchev–Trinajstić information content (AvgIpc) is 3.56. The number of urea groups is 3. The van der Waals surface area contributed by atoms with Crippen molar-refractivity contribution in [3.8, 4) is 0 Å². The van der Waals surface area contributed by atoms with E-state index in [1.54, 1.807) is 40.4 Å². The number of amides is 7. The normalized spacial score (nSPS) is 10.2. The standard InChI is InChI=1S/C22H16N6O4S2/c29-15-26(18-3-1-8-24-13-18)21(31)27(17-5-9-23-10-6-17)22(32)28(19-4-2-11-34-19)20(30)25-16-7-12-33-14-16/h1-15H,(H,25,30).